The van der Waals surface area contributed by atoms with Crippen molar-refractivity contribution in [3.8, 4) is 5.69 Å². The van der Waals surface area contributed by atoms with E-state index in [2.05, 4.69) is 20.8 Å². The minimum Gasteiger partial charge on any atom is -0.344 e. The average Bonchev–Trinajstić information content (AvgIpc) is 3.26. The molecule has 4 aromatic rings. The fourth-order valence-corrected chi connectivity index (χ4v) is 3.80. The molecule has 1 N–H and O–H groups in total. The highest BCUT2D eigenvalue weighted by atomic mass is 32.2. The topological polar surface area (TPSA) is 72.7 Å². The van der Waals surface area contributed by atoms with Gasteiger partial charge in [0.1, 0.15) is 0 Å². The summed E-state index contributed by atoms with van der Waals surface area (Å²) >= 11 is 1.31. The van der Waals surface area contributed by atoms with Gasteiger partial charge in [0.15, 0.2) is 0 Å². The summed E-state index contributed by atoms with van der Waals surface area (Å²) < 4.78 is 1.64. The fourth-order valence-electron chi connectivity index (χ4n) is 3.10. The number of tetrazole rings is 1. The summed E-state index contributed by atoms with van der Waals surface area (Å²) in [5, 5.41) is 15.6. The molecule has 1 amide bonds. The van der Waals surface area contributed by atoms with Crippen molar-refractivity contribution >= 4 is 17.7 Å². The largest absolute Gasteiger partial charge is 0.344 e. The Morgan fingerprint density at radius 3 is 2.13 bits per heavy atom. The molecule has 30 heavy (non-hydrogen) atoms. The van der Waals surface area contributed by atoms with Gasteiger partial charge in [0, 0.05) is 0 Å². The molecule has 0 bridgehead atoms. The molecule has 0 saturated carbocycles. The Balaban J connectivity index is 1.46. The van der Waals surface area contributed by atoms with Crippen LogP contribution in [0.2, 0.25) is 0 Å². The van der Waals surface area contributed by atoms with E-state index in [1.54, 1.807) is 4.68 Å². The zero-order chi connectivity index (χ0) is 20.8. The van der Waals surface area contributed by atoms with E-state index in [-0.39, 0.29) is 17.7 Å². The SMILES string of the molecule is Cc1ccc(-n2nnnc2SCC(=O)NC(c2ccccc2)c2ccccc2)cc1. The van der Waals surface area contributed by atoms with Crippen LogP contribution in [0.5, 0.6) is 0 Å². The predicted molar refractivity (Wildman–Crippen MR) is 117 cm³/mol. The molecule has 0 aliphatic heterocycles. The normalized spacial score (nSPS) is 10.9. The number of carbonyl (C=O) groups is 1. The summed E-state index contributed by atoms with van der Waals surface area (Å²) in [5.74, 6) is 0.124. The smallest absolute Gasteiger partial charge is 0.231 e. The minimum atomic E-state index is -0.214. The van der Waals surface area contributed by atoms with Gasteiger partial charge in [-0.05, 0) is 40.6 Å². The Bertz CT molecular complexity index is 1060. The van der Waals surface area contributed by atoms with E-state index in [0.29, 0.717) is 5.16 Å². The Morgan fingerprint density at radius 2 is 1.53 bits per heavy atom. The molecule has 4 rings (SSSR count). The van der Waals surface area contributed by atoms with Crippen LogP contribution in [0.1, 0.15) is 22.7 Å². The van der Waals surface area contributed by atoms with Gasteiger partial charge in [0.05, 0.1) is 17.5 Å². The number of hydrogen-bond acceptors (Lipinski definition) is 5. The molecule has 0 fully saturated rings. The Labute approximate surface area is 179 Å². The highest BCUT2D eigenvalue weighted by molar-refractivity contribution is 7.99. The molecular formula is C23H21N5OS. The molecule has 7 heteroatoms. The summed E-state index contributed by atoms with van der Waals surface area (Å²) in [5.41, 5.74) is 4.09. The highest BCUT2D eigenvalue weighted by Crippen LogP contribution is 2.23. The lowest BCUT2D eigenvalue weighted by Crippen LogP contribution is -2.30. The van der Waals surface area contributed by atoms with Crippen LogP contribution in [0.3, 0.4) is 0 Å². The van der Waals surface area contributed by atoms with Crippen molar-refractivity contribution in [1.29, 1.82) is 0 Å². The maximum absolute atomic E-state index is 12.8. The van der Waals surface area contributed by atoms with Crippen molar-refractivity contribution < 1.29 is 4.79 Å². The Hall–Kier alpha value is -3.45. The van der Waals surface area contributed by atoms with Crippen LogP contribution >= 0.6 is 11.8 Å². The Kier molecular flexibility index (Phi) is 6.20. The summed E-state index contributed by atoms with van der Waals surface area (Å²) in [6.07, 6.45) is 0. The standard InChI is InChI=1S/C23H21N5OS/c1-17-12-14-20(15-13-17)28-23(25-26-27-28)30-16-21(29)24-22(18-8-4-2-5-9-18)19-10-6-3-7-11-19/h2-15,22H,16H2,1H3,(H,24,29). The second-order valence-corrected chi connectivity index (χ2v) is 7.76. The molecule has 0 radical (unpaired) electrons. The molecule has 150 valence electrons. The molecule has 0 aliphatic carbocycles. The molecule has 1 heterocycles. The van der Waals surface area contributed by atoms with Crippen LogP contribution in [0.4, 0.5) is 0 Å². The van der Waals surface area contributed by atoms with Crippen molar-refractivity contribution in [2.45, 2.75) is 18.1 Å². The zero-order valence-electron chi connectivity index (χ0n) is 16.5. The molecule has 6 nitrogen and oxygen atoms in total. The van der Waals surface area contributed by atoms with Gasteiger partial charge in [-0.25, -0.2) is 0 Å². The number of aryl methyl sites for hydroxylation is 1. The first-order chi connectivity index (χ1) is 14.7. The van der Waals surface area contributed by atoms with Crippen molar-refractivity contribution in [2.24, 2.45) is 0 Å². The van der Waals surface area contributed by atoms with Crippen LogP contribution < -0.4 is 5.32 Å². The molecule has 0 aliphatic rings. The predicted octanol–water partition coefficient (Wildman–Crippen LogP) is 3.97. The van der Waals surface area contributed by atoms with E-state index in [4.69, 9.17) is 0 Å². The van der Waals surface area contributed by atoms with E-state index < -0.39 is 0 Å². The van der Waals surface area contributed by atoms with E-state index in [0.717, 1.165) is 22.4 Å². The zero-order valence-corrected chi connectivity index (χ0v) is 17.3. The average molecular weight is 416 g/mol. The number of thioether (sulfide) groups is 1. The monoisotopic (exact) mass is 415 g/mol. The fraction of sp³-hybridized carbons (Fsp3) is 0.130. The van der Waals surface area contributed by atoms with Gasteiger partial charge in [-0.1, -0.05) is 90.1 Å². The number of rotatable bonds is 7. The number of carbonyl (C=O) groups excluding carboxylic acids is 1. The van der Waals surface area contributed by atoms with Crippen molar-refractivity contribution in [3.05, 3.63) is 102 Å². The molecule has 0 spiro atoms. The van der Waals surface area contributed by atoms with Crippen LogP contribution in [-0.4, -0.2) is 31.9 Å². The maximum Gasteiger partial charge on any atom is 0.231 e. The number of aromatic nitrogens is 4. The van der Waals surface area contributed by atoms with Gasteiger partial charge in [0.25, 0.3) is 0 Å². The maximum atomic E-state index is 12.8. The highest BCUT2D eigenvalue weighted by Gasteiger charge is 2.18. The second kappa shape index (κ2) is 9.37. The lowest BCUT2D eigenvalue weighted by atomic mass is 9.99. The van der Waals surface area contributed by atoms with Gasteiger partial charge in [0.2, 0.25) is 11.1 Å². The van der Waals surface area contributed by atoms with E-state index in [9.17, 15) is 4.79 Å². The van der Waals surface area contributed by atoms with Crippen LogP contribution in [0, 0.1) is 6.92 Å². The third-order valence-corrected chi connectivity index (χ3v) is 5.54. The summed E-state index contributed by atoms with van der Waals surface area (Å²) in [7, 11) is 0. The van der Waals surface area contributed by atoms with Crippen LogP contribution in [-0.2, 0) is 4.79 Å². The molecule has 0 saturated heterocycles. The van der Waals surface area contributed by atoms with Gasteiger partial charge in [-0.15, -0.1) is 5.10 Å². The van der Waals surface area contributed by atoms with E-state index in [1.165, 1.54) is 11.8 Å². The molecule has 0 unspecified atom stereocenters. The Morgan fingerprint density at radius 1 is 0.933 bits per heavy atom. The van der Waals surface area contributed by atoms with Crippen LogP contribution in [0.25, 0.3) is 5.69 Å². The van der Waals surface area contributed by atoms with Gasteiger partial charge >= 0.3 is 0 Å². The van der Waals surface area contributed by atoms with Crippen molar-refractivity contribution in [1.82, 2.24) is 25.5 Å². The molecule has 1 aromatic heterocycles. The second-order valence-electron chi connectivity index (χ2n) is 6.82. The number of nitrogens with zero attached hydrogens (tertiary/aromatic N) is 4. The third kappa shape index (κ3) is 4.75. The van der Waals surface area contributed by atoms with E-state index in [1.807, 2.05) is 91.9 Å². The van der Waals surface area contributed by atoms with Crippen molar-refractivity contribution in [2.75, 3.05) is 5.75 Å². The first kappa shape index (κ1) is 19.8. The molecular weight excluding hydrogens is 394 g/mol. The quantitative estimate of drug-likeness (QED) is 0.463. The molecule has 0 atom stereocenters. The van der Waals surface area contributed by atoms with Crippen molar-refractivity contribution in [3.63, 3.8) is 0 Å². The summed E-state index contributed by atoms with van der Waals surface area (Å²) in [6, 6.07) is 27.6. The lowest BCUT2D eigenvalue weighted by Gasteiger charge is -2.19. The number of hydrogen-bond donors (Lipinski definition) is 1. The number of benzene rings is 3. The lowest BCUT2D eigenvalue weighted by molar-refractivity contribution is -0.119. The summed E-state index contributed by atoms with van der Waals surface area (Å²) in [4.78, 5) is 12.8. The first-order valence-electron chi connectivity index (χ1n) is 9.58. The third-order valence-electron chi connectivity index (χ3n) is 4.62. The van der Waals surface area contributed by atoms with Gasteiger partial charge < -0.3 is 5.32 Å². The van der Waals surface area contributed by atoms with Gasteiger partial charge in [-0.3, -0.25) is 4.79 Å². The van der Waals surface area contributed by atoms with Crippen LogP contribution in [0.15, 0.2) is 90.1 Å². The minimum absolute atomic E-state index is 0.0869. The first-order valence-corrected chi connectivity index (χ1v) is 10.6. The van der Waals surface area contributed by atoms with E-state index >= 15 is 0 Å². The number of amides is 1. The number of nitrogens with one attached hydrogen (secondary N) is 1. The van der Waals surface area contributed by atoms with Gasteiger partial charge in [-0.2, -0.15) is 4.68 Å². The summed E-state index contributed by atoms with van der Waals surface area (Å²) in [6.45, 7) is 2.03. The molecule has 3 aromatic carbocycles.